The highest BCUT2D eigenvalue weighted by molar-refractivity contribution is 6.42. The highest BCUT2D eigenvalue weighted by atomic mass is 35.5. The number of hydrogen-bond acceptors (Lipinski definition) is 5. The van der Waals surface area contributed by atoms with Crippen LogP contribution in [-0.4, -0.2) is 35.4 Å². The smallest absolute Gasteiger partial charge is 0.340 e. The Balaban J connectivity index is 1.78. The summed E-state index contributed by atoms with van der Waals surface area (Å²) in [6.07, 6.45) is 2.62. The molecule has 0 saturated heterocycles. The highest BCUT2D eigenvalue weighted by Crippen LogP contribution is 2.37. The fourth-order valence-electron chi connectivity index (χ4n) is 5.59. The van der Waals surface area contributed by atoms with Crippen LogP contribution in [0.2, 0.25) is 15.1 Å². The monoisotopic (exact) mass is 674 g/mol. The minimum absolute atomic E-state index is 0.200. The molecular weight excluding hydrogens is 643 g/mol. The second-order valence-corrected chi connectivity index (χ2v) is 11.9. The van der Waals surface area contributed by atoms with Gasteiger partial charge in [-0.1, -0.05) is 89.4 Å². The zero-order valence-corrected chi connectivity index (χ0v) is 28.3. The molecule has 1 aliphatic rings. The highest BCUT2D eigenvalue weighted by Gasteiger charge is 2.32. The van der Waals surface area contributed by atoms with Crippen LogP contribution in [-0.2, 0) is 34.2 Å². The van der Waals surface area contributed by atoms with Crippen molar-refractivity contribution in [1.82, 2.24) is 4.57 Å². The first kappa shape index (κ1) is 33.3. The Morgan fingerprint density at radius 2 is 1.50 bits per heavy atom. The number of carbonyl (C=O) groups excluding carboxylic acids is 2. The van der Waals surface area contributed by atoms with Crippen LogP contribution in [0.4, 0.5) is 0 Å². The third-order valence-corrected chi connectivity index (χ3v) is 8.99. The fourth-order valence-corrected chi connectivity index (χ4v) is 6.11. The number of allylic oxidation sites excluding steroid dienone is 1. The van der Waals surface area contributed by atoms with Crippen LogP contribution in [0.5, 0.6) is 0 Å². The van der Waals surface area contributed by atoms with Crippen LogP contribution in [0.1, 0.15) is 57.8 Å². The SMILES string of the molecule is CCOC(=O)C1=C(Cc2ccc(Cl)c(Cl)c2)/C(=C/c2c(Cc3ccccc3Cl)c(C(=O)OCC)c(C)n2C)N=C1c1ccccc1. The molecule has 0 radical (unpaired) electrons. The molecule has 0 spiro atoms. The van der Waals surface area contributed by atoms with Crippen LogP contribution in [0, 0.1) is 6.92 Å². The third kappa shape index (κ3) is 6.85. The molecule has 0 aliphatic carbocycles. The Labute approximate surface area is 283 Å². The van der Waals surface area contributed by atoms with Gasteiger partial charge in [-0.05, 0) is 67.3 Å². The maximum atomic E-state index is 13.7. The molecular formula is C37H33Cl3N2O4. The molecule has 0 amide bonds. The number of benzene rings is 3. The van der Waals surface area contributed by atoms with E-state index < -0.39 is 11.9 Å². The predicted octanol–water partition coefficient (Wildman–Crippen LogP) is 9.01. The lowest BCUT2D eigenvalue weighted by atomic mass is 9.94. The lowest BCUT2D eigenvalue weighted by molar-refractivity contribution is -0.137. The number of aromatic nitrogens is 1. The molecule has 9 heteroatoms. The van der Waals surface area contributed by atoms with E-state index in [9.17, 15) is 9.59 Å². The number of halogens is 3. The predicted molar refractivity (Wildman–Crippen MR) is 185 cm³/mol. The van der Waals surface area contributed by atoms with Gasteiger partial charge in [0.1, 0.15) is 0 Å². The quantitative estimate of drug-likeness (QED) is 0.157. The lowest BCUT2D eigenvalue weighted by Gasteiger charge is -2.12. The zero-order valence-electron chi connectivity index (χ0n) is 26.0. The normalized spacial score (nSPS) is 13.7. The Bertz CT molecular complexity index is 1910. The molecule has 4 aromatic rings. The van der Waals surface area contributed by atoms with Crippen molar-refractivity contribution in [3.63, 3.8) is 0 Å². The first-order valence-electron chi connectivity index (χ1n) is 14.9. The summed E-state index contributed by atoms with van der Waals surface area (Å²) in [5, 5.41) is 1.43. The van der Waals surface area contributed by atoms with Crippen molar-refractivity contribution in [3.05, 3.63) is 144 Å². The minimum Gasteiger partial charge on any atom is -0.462 e. The molecule has 46 heavy (non-hydrogen) atoms. The number of carbonyl (C=O) groups is 2. The van der Waals surface area contributed by atoms with Crippen molar-refractivity contribution in [3.8, 4) is 0 Å². The summed E-state index contributed by atoms with van der Waals surface area (Å²) < 4.78 is 13.0. The first-order chi connectivity index (χ1) is 22.1. The van der Waals surface area contributed by atoms with Crippen molar-refractivity contribution in [2.45, 2.75) is 33.6 Å². The fraction of sp³-hybridized carbons (Fsp3) is 0.216. The van der Waals surface area contributed by atoms with Crippen molar-refractivity contribution in [1.29, 1.82) is 0 Å². The van der Waals surface area contributed by atoms with E-state index in [-0.39, 0.29) is 13.2 Å². The summed E-state index contributed by atoms with van der Waals surface area (Å²) in [7, 11) is 1.89. The van der Waals surface area contributed by atoms with Crippen molar-refractivity contribution in [2.24, 2.45) is 12.0 Å². The van der Waals surface area contributed by atoms with Gasteiger partial charge in [0.15, 0.2) is 0 Å². The van der Waals surface area contributed by atoms with Crippen molar-refractivity contribution >= 4 is 58.5 Å². The summed E-state index contributed by atoms with van der Waals surface area (Å²) >= 11 is 19.2. The largest absolute Gasteiger partial charge is 0.462 e. The molecule has 1 aliphatic heterocycles. The maximum Gasteiger partial charge on any atom is 0.340 e. The van der Waals surface area contributed by atoms with Crippen LogP contribution >= 0.6 is 34.8 Å². The molecule has 0 unspecified atom stereocenters. The molecule has 0 saturated carbocycles. The summed E-state index contributed by atoms with van der Waals surface area (Å²) in [5.74, 6) is -0.892. The molecule has 2 heterocycles. The number of rotatable bonds is 10. The second kappa shape index (κ2) is 14.5. The zero-order chi connectivity index (χ0) is 33.0. The van der Waals surface area contributed by atoms with Crippen LogP contribution < -0.4 is 0 Å². The van der Waals surface area contributed by atoms with Gasteiger partial charge in [-0.2, -0.15) is 0 Å². The van der Waals surface area contributed by atoms with Gasteiger partial charge in [0.05, 0.1) is 45.8 Å². The van der Waals surface area contributed by atoms with E-state index in [1.807, 2.05) is 85.3 Å². The topological polar surface area (TPSA) is 69.9 Å². The third-order valence-electron chi connectivity index (χ3n) is 7.89. The van der Waals surface area contributed by atoms with Gasteiger partial charge >= 0.3 is 11.9 Å². The van der Waals surface area contributed by atoms with Gasteiger partial charge < -0.3 is 14.0 Å². The van der Waals surface area contributed by atoms with Gasteiger partial charge in [-0.15, -0.1) is 0 Å². The van der Waals surface area contributed by atoms with E-state index in [1.54, 1.807) is 26.0 Å². The van der Waals surface area contributed by atoms with E-state index in [0.29, 0.717) is 56.0 Å². The molecule has 236 valence electrons. The summed E-state index contributed by atoms with van der Waals surface area (Å²) in [5.41, 5.74) is 7.26. The lowest BCUT2D eigenvalue weighted by Crippen LogP contribution is -2.17. The van der Waals surface area contributed by atoms with Crippen molar-refractivity contribution in [2.75, 3.05) is 13.2 Å². The van der Waals surface area contributed by atoms with Gasteiger partial charge in [-0.25, -0.2) is 14.6 Å². The van der Waals surface area contributed by atoms with E-state index in [2.05, 4.69) is 0 Å². The molecule has 6 nitrogen and oxygen atoms in total. The van der Waals surface area contributed by atoms with E-state index in [1.165, 1.54) is 0 Å². The number of aliphatic imine (C=N–C) groups is 1. The average molecular weight is 676 g/mol. The average Bonchev–Trinajstić information content (AvgIpc) is 3.50. The minimum atomic E-state index is -0.477. The summed E-state index contributed by atoms with van der Waals surface area (Å²) in [4.78, 5) is 32.1. The van der Waals surface area contributed by atoms with Crippen LogP contribution in [0.15, 0.2) is 94.6 Å². The maximum absolute atomic E-state index is 13.7. The first-order valence-corrected chi connectivity index (χ1v) is 16.1. The molecule has 0 atom stereocenters. The number of nitrogens with zero attached hydrogens (tertiary/aromatic N) is 2. The standard InChI is InChI=1S/C37H33Cl3N2O4/c1-5-45-36(43)33-22(3)42(4)32(27(33)20-25-14-10-11-15-28(25)38)21-31-26(18-23-16-17-29(39)30(40)19-23)34(37(44)46-6-2)35(41-31)24-12-8-7-9-13-24/h7-17,19,21H,5-6,18,20H2,1-4H3/b31-21-. The Morgan fingerprint density at radius 1 is 0.826 bits per heavy atom. The van der Waals surface area contributed by atoms with Crippen molar-refractivity contribution < 1.29 is 19.1 Å². The molecule has 5 rings (SSSR count). The molecule has 1 aromatic heterocycles. The number of hydrogen-bond donors (Lipinski definition) is 0. The second-order valence-electron chi connectivity index (χ2n) is 10.7. The number of esters is 2. The summed E-state index contributed by atoms with van der Waals surface area (Å²) in [6, 6.07) is 22.4. The van der Waals surface area contributed by atoms with Gasteiger partial charge in [-0.3, -0.25) is 0 Å². The molecule has 0 fully saturated rings. The van der Waals surface area contributed by atoms with Gasteiger partial charge in [0.25, 0.3) is 0 Å². The van der Waals surface area contributed by atoms with Crippen LogP contribution in [0.3, 0.4) is 0 Å². The Kier molecular flexibility index (Phi) is 10.5. The summed E-state index contributed by atoms with van der Waals surface area (Å²) in [6.45, 7) is 5.87. The Morgan fingerprint density at radius 3 is 2.17 bits per heavy atom. The molecule has 3 aromatic carbocycles. The van der Waals surface area contributed by atoms with Gasteiger partial charge in [0, 0.05) is 41.9 Å². The molecule has 0 N–H and O–H groups in total. The van der Waals surface area contributed by atoms with E-state index >= 15 is 0 Å². The van der Waals surface area contributed by atoms with E-state index in [0.717, 1.165) is 33.6 Å². The Hall–Kier alpha value is -4.10. The number of ether oxygens (including phenoxy) is 2. The van der Waals surface area contributed by atoms with Crippen LogP contribution in [0.25, 0.3) is 6.08 Å². The van der Waals surface area contributed by atoms with E-state index in [4.69, 9.17) is 49.3 Å². The molecule has 0 bridgehead atoms. The van der Waals surface area contributed by atoms with Gasteiger partial charge in [0.2, 0.25) is 0 Å².